The molecule has 0 spiro atoms. The van der Waals surface area contributed by atoms with Gasteiger partial charge >= 0.3 is 5.97 Å². The molecule has 0 aliphatic heterocycles. The highest BCUT2D eigenvalue weighted by Crippen LogP contribution is 2.23. The van der Waals surface area contributed by atoms with Crippen LogP contribution in [0.3, 0.4) is 0 Å². The second-order valence-electron chi connectivity index (χ2n) is 6.18. The van der Waals surface area contributed by atoms with Crippen LogP contribution in [0.25, 0.3) is 0 Å². The molecule has 0 aliphatic rings. The van der Waals surface area contributed by atoms with Crippen molar-refractivity contribution < 1.29 is 14.7 Å². The van der Waals surface area contributed by atoms with Gasteiger partial charge < -0.3 is 10.4 Å². The predicted molar refractivity (Wildman–Crippen MR) is 79.2 cm³/mol. The van der Waals surface area contributed by atoms with E-state index in [-0.39, 0.29) is 23.8 Å². The lowest BCUT2D eigenvalue weighted by Crippen LogP contribution is -2.39. The van der Waals surface area contributed by atoms with Crippen molar-refractivity contribution in [2.24, 2.45) is 5.41 Å². The van der Waals surface area contributed by atoms with Crippen LogP contribution < -0.4 is 5.32 Å². The van der Waals surface area contributed by atoms with Crippen LogP contribution in [0.2, 0.25) is 0 Å². The summed E-state index contributed by atoms with van der Waals surface area (Å²) in [5.74, 6) is -1.14. The van der Waals surface area contributed by atoms with Crippen molar-refractivity contribution in [1.29, 1.82) is 0 Å². The van der Waals surface area contributed by atoms with Crippen molar-refractivity contribution in [3.63, 3.8) is 0 Å². The van der Waals surface area contributed by atoms with Gasteiger partial charge in [0.15, 0.2) is 0 Å². The van der Waals surface area contributed by atoms with Gasteiger partial charge in [0.2, 0.25) is 0 Å². The van der Waals surface area contributed by atoms with Crippen molar-refractivity contribution in [3.05, 3.63) is 15.6 Å². The lowest BCUT2D eigenvalue weighted by molar-refractivity contribution is -0.137. The molecule has 0 aromatic carbocycles. The first-order valence-electron chi connectivity index (χ1n) is 6.55. The first-order valence-corrected chi connectivity index (χ1v) is 7.37. The molecule has 112 valence electrons. The van der Waals surface area contributed by atoms with E-state index in [1.165, 1.54) is 11.3 Å². The molecule has 0 aliphatic carbocycles. The molecule has 0 radical (unpaired) electrons. The fourth-order valence-electron chi connectivity index (χ4n) is 2.12. The van der Waals surface area contributed by atoms with Gasteiger partial charge in [-0.1, -0.05) is 20.8 Å². The summed E-state index contributed by atoms with van der Waals surface area (Å²) >= 11 is 1.33. The zero-order valence-electron chi connectivity index (χ0n) is 12.6. The van der Waals surface area contributed by atoms with Crippen LogP contribution in [0, 0.1) is 19.3 Å². The number of nitrogens with zero attached hydrogens (tertiary/aromatic N) is 1. The van der Waals surface area contributed by atoms with Crippen LogP contribution in [0.1, 0.15) is 54.0 Å². The number of carbonyl (C=O) groups excluding carboxylic acids is 1. The van der Waals surface area contributed by atoms with Crippen LogP contribution in [0.5, 0.6) is 0 Å². The van der Waals surface area contributed by atoms with Crippen molar-refractivity contribution in [2.75, 3.05) is 0 Å². The van der Waals surface area contributed by atoms with E-state index in [0.29, 0.717) is 17.0 Å². The van der Waals surface area contributed by atoms with Crippen LogP contribution in [-0.4, -0.2) is 28.0 Å². The van der Waals surface area contributed by atoms with Crippen molar-refractivity contribution in [1.82, 2.24) is 10.3 Å². The third kappa shape index (κ3) is 5.28. The topological polar surface area (TPSA) is 79.3 Å². The molecule has 1 heterocycles. The molecule has 0 fully saturated rings. The van der Waals surface area contributed by atoms with Crippen LogP contribution in [-0.2, 0) is 4.79 Å². The van der Waals surface area contributed by atoms with Crippen molar-refractivity contribution >= 4 is 23.2 Å². The number of thiazole rings is 1. The average Bonchev–Trinajstić information content (AvgIpc) is 2.53. The predicted octanol–water partition coefficient (Wildman–Crippen LogP) is 2.77. The minimum Gasteiger partial charge on any atom is -0.481 e. The number of hydrogen-bond donors (Lipinski definition) is 2. The largest absolute Gasteiger partial charge is 0.481 e. The molecule has 1 amide bonds. The molecule has 0 bridgehead atoms. The van der Waals surface area contributed by atoms with Gasteiger partial charge in [-0.15, -0.1) is 11.3 Å². The Morgan fingerprint density at radius 1 is 1.35 bits per heavy atom. The maximum absolute atomic E-state index is 12.2. The molecule has 20 heavy (non-hydrogen) atoms. The third-order valence-electron chi connectivity index (χ3n) is 2.72. The Morgan fingerprint density at radius 3 is 2.35 bits per heavy atom. The number of aromatic nitrogens is 1. The highest BCUT2D eigenvalue weighted by atomic mass is 32.1. The van der Waals surface area contributed by atoms with Crippen LogP contribution in [0.15, 0.2) is 0 Å². The fraction of sp³-hybridized carbons (Fsp3) is 0.643. The molecular weight excluding hydrogens is 276 g/mol. The Hall–Kier alpha value is -1.43. The first kappa shape index (κ1) is 16.6. The Morgan fingerprint density at radius 2 is 1.95 bits per heavy atom. The average molecular weight is 298 g/mol. The first-order chi connectivity index (χ1) is 9.08. The Labute approximate surface area is 123 Å². The Kier molecular flexibility index (Phi) is 5.28. The van der Waals surface area contributed by atoms with E-state index in [4.69, 9.17) is 5.11 Å². The van der Waals surface area contributed by atoms with E-state index in [9.17, 15) is 9.59 Å². The SMILES string of the molecule is Cc1nc(C)c(C(=O)NC(CC(=O)O)CC(C)(C)C)s1. The van der Waals surface area contributed by atoms with Gasteiger partial charge in [-0.3, -0.25) is 9.59 Å². The van der Waals surface area contributed by atoms with Crippen LogP contribution >= 0.6 is 11.3 Å². The van der Waals surface area contributed by atoms with Gasteiger partial charge in [-0.2, -0.15) is 0 Å². The summed E-state index contributed by atoms with van der Waals surface area (Å²) in [5, 5.41) is 12.6. The zero-order chi connectivity index (χ0) is 15.5. The number of carbonyl (C=O) groups is 2. The summed E-state index contributed by atoms with van der Waals surface area (Å²) in [4.78, 5) is 27.9. The second kappa shape index (κ2) is 6.35. The van der Waals surface area contributed by atoms with Gasteiger partial charge in [0.05, 0.1) is 17.1 Å². The van der Waals surface area contributed by atoms with Gasteiger partial charge in [0, 0.05) is 6.04 Å². The smallest absolute Gasteiger partial charge is 0.305 e. The molecule has 1 aromatic rings. The number of hydrogen-bond acceptors (Lipinski definition) is 4. The van der Waals surface area contributed by atoms with Gasteiger partial charge in [0.25, 0.3) is 5.91 Å². The maximum atomic E-state index is 12.2. The minimum atomic E-state index is -0.906. The summed E-state index contributed by atoms with van der Waals surface area (Å²) < 4.78 is 0. The molecule has 2 N–H and O–H groups in total. The molecule has 1 aromatic heterocycles. The summed E-state index contributed by atoms with van der Waals surface area (Å²) in [6, 6.07) is -0.373. The quantitative estimate of drug-likeness (QED) is 0.876. The van der Waals surface area contributed by atoms with E-state index in [1.54, 1.807) is 6.92 Å². The number of amides is 1. The van der Waals surface area contributed by atoms with Gasteiger partial charge in [-0.05, 0) is 25.7 Å². The summed E-state index contributed by atoms with van der Waals surface area (Å²) in [7, 11) is 0. The van der Waals surface area contributed by atoms with Gasteiger partial charge in [-0.25, -0.2) is 4.98 Å². The summed E-state index contributed by atoms with van der Waals surface area (Å²) in [5.41, 5.74) is 0.640. The third-order valence-corrected chi connectivity index (χ3v) is 3.80. The number of carboxylic acid groups (broad SMARTS) is 1. The molecule has 1 atom stereocenters. The highest BCUT2D eigenvalue weighted by molar-refractivity contribution is 7.13. The van der Waals surface area contributed by atoms with E-state index in [2.05, 4.69) is 10.3 Å². The monoisotopic (exact) mass is 298 g/mol. The zero-order valence-corrected chi connectivity index (χ0v) is 13.4. The van der Waals surface area contributed by atoms with E-state index in [1.807, 2.05) is 27.7 Å². The van der Waals surface area contributed by atoms with E-state index in [0.717, 1.165) is 5.01 Å². The molecule has 1 rings (SSSR count). The van der Waals surface area contributed by atoms with E-state index >= 15 is 0 Å². The number of aliphatic carboxylic acids is 1. The maximum Gasteiger partial charge on any atom is 0.305 e. The molecular formula is C14H22N2O3S. The number of aryl methyl sites for hydroxylation is 2. The van der Waals surface area contributed by atoms with Crippen molar-refractivity contribution in [2.45, 2.75) is 53.5 Å². The number of carboxylic acids is 1. The molecule has 0 saturated carbocycles. The lowest BCUT2D eigenvalue weighted by atomic mass is 9.87. The molecule has 6 heteroatoms. The normalized spacial score (nSPS) is 13.1. The summed E-state index contributed by atoms with van der Waals surface area (Å²) in [6.07, 6.45) is 0.543. The molecule has 1 unspecified atom stereocenters. The Bertz CT molecular complexity index is 503. The highest BCUT2D eigenvalue weighted by Gasteiger charge is 2.24. The van der Waals surface area contributed by atoms with Crippen LogP contribution in [0.4, 0.5) is 0 Å². The lowest BCUT2D eigenvalue weighted by Gasteiger charge is -2.25. The minimum absolute atomic E-state index is 0.0495. The van der Waals surface area contributed by atoms with Gasteiger partial charge in [0.1, 0.15) is 4.88 Å². The standard InChI is InChI=1S/C14H22N2O3S/c1-8-12(20-9(2)15-8)13(19)16-10(6-11(17)18)7-14(3,4)5/h10H,6-7H2,1-5H3,(H,16,19)(H,17,18). The molecule has 5 nitrogen and oxygen atoms in total. The van der Waals surface area contributed by atoms with Crippen molar-refractivity contribution in [3.8, 4) is 0 Å². The molecule has 0 saturated heterocycles. The number of nitrogens with one attached hydrogen (secondary N) is 1. The summed E-state index contributed by atoms with van der Waals surface area (Å²) in [6.45, 7) is 9.70. The fourth-order valence-corrected chi connectivity index (χ4v) is 2.94. The number of rotatable bonds is 5. The Balaban J connectivity index is 2.81. The second-order valence-corrected chi connectivity index (χ2v) is 7.38. The van der Waals surface area contributed by atoms with E-state index < -0.39 is 5.97 Å².